The molecule has 4 N–H and O–H groups in total. The molecule has 0 spiro atoms. The lowest BCUT2D eigenvalue weighted by molar-refractivity contribution is 0.0351. The third-order valence-electron chi connectivity index (χ3n) is 9.10. The van der Waals surface area contributed by atoms with Crippen LogP contribution in [0.25, 0.3) is 27.6 Å². The molecule has 4 heterocycles. The van der Waals surface area contributed by atoms with Crippen molar-refractivity contribution in [1.82, 2.24) is 14.1 Å². The largest absolute Gasteiger partial charge is 0.396 e. The Morgan fingerprint density at radius 3 is 2.49 bits per heavy atom. The molecular weight excluding hydrogens is 601 g/mol. The van der Waals surface area contributed by atoms with E-state index in [0.29, 0.717) is 52.0 Å². The third kappa shape index (κ3) is 6.29. The maximum atomic E-state index is 15.3. The van der Waals surface area contributed by atoms with Crippen molar-refractivity contribution >= 4 is 28.0 Å². The number of nitrogens with one attached hydrogen (secondary N) is 1. The van der Waals surface area contributed by atoms with Crippen molar-refractivity contribution in [3.05, 3.63) is 111 Å². The Morgan fingerprint density at radius 1 is 1.04 bits per heavy atom. The average Bonchev–Trinajstić information content (AvgIpc) is 3.06. The number of rotatable bonds is 8. The minimum atomic E-state index is -0.682. The van der Waals surface area contributed by atoms with Gasteiger partial charge in [0.25, 0.3) is 11.1 Å². The number of aromatic nitrogens is 3. The standard InChI is InChI=1S/C36H38FN5O5/c1-22(20-43)24-15-23-9-12-42(35(46)33(23)29(37)16-24)31-6-4-5-27(28(31)21-44)25-17-30(34(45)40(3)19-25)39-32-8-7-26(18-38-32)41-13-10-36(2,47)11-14-41/h4-9,12,15-19,22,43-44,47H,10-11,13-14,20-21H2,1-3H3,(H,38,39). The van der Waals surface area contributed by atoms with Gasteiger partial charge in [0.1, 0.15) is 17.3 Å². The first-order valence-electron chi connectivity index (χ1n) is 15.6. The first-order valence-corrected chi connectivity index (χ1v) is 15.6. The van der Waals surface area contributed by atoms with Gasteiger partial charge in [-0.2, -0.15) is 0 Å². The number of fused-ring (bicyclic) bond motifs is 1. The number of aliphatic hydroxyl groups is 3. The molecule has 0 bridgehead atoms. The summed E-state index contributed by atoms with van der Waals surface area (Å²) < 4.78 is 18.0. The van der Waals surface area contributed by atoms with E-state index in [9.17, 15) is 24.9 Å². The predicted octanol–water partition coefficient (Wildman–Crippen LogP) is 4.57. The minimum absolute atomic E-state index is 0.0880. The van der Waals surface area contributed by atoms with Gasteiger partial charge in [-0.3, -0.25) is 14.2 Å². The molecule has 244 valence electrons. The molecule has 6 rings (SSSR count). The van der Waals surface area contributed by atoms with Gasteiger partial charge in [-0.05, 0) is 72.7 Å². The third-order valence-corrected chi connectivity index (χ3v) is 9.10. The number of anilines is 3. The van der Waals surface area contributed by atoms with Crippen molar-refractivity contribution < 1.29 is 19.7 Å². The van der Waals surface area contributed by atoms with Gasteiger partial charge >= 0.3 is 0 Å². The summed E-state index contributed by atoms with van der Waals surface area (Å²) in [5.41, 5.74) is 2.28. The van der Waals surface area contributed by atoms with E-state index in [1.807, 2.05) is 13.0 Å². The molecule has 1 fully saturated rings. The summed E-state index contributed by atoms with van der Waals surface area (Å²) in [6.45, 7) is 4.50. The van der Waals surface area contributed by atoms with Gasteiger partial charge in [0.2, 0.25) is 0 Å². The fourth-order valence-electron chi connectivity index (χ4n) is 6.15. The summed E-state index contributed by atoms with van der Waals surface area (Å²) in [7, 11) is 1.63. The molecule has 0 radical (unpaired) electrons. The van der Waals surface area contributed by atoms with Crippen molar-refractivity contribution in [1.29, 1.82) is 0 Å². The lowest BCUT2D eigenvalue weighted by atomic mass is 9.94. The molecule has 5 aromatic rings. The van der Waals surface area contributed by atoms with Crippen molar-refractivity contribution in [3.8, 4) is 16.8 Å². The Labute approximate surface area is 271 Å². The highest BCUT2D eigenvalue weighted by Gasteiger charge is 2.27. The second kappa shape index (κ2) is 12.7. The normalized spacial score (nSPS) is 15.2. The lowest BCUT2D eigenvalue weighted by Crippen LogP contribution is -2.42. The number of hydrogen-bond donors (Lipinski definition) is 4. The van der Waals surface area contributed by atoms with E-state index in [2.05, 4.69) is 15.2 Å². The molecule has 1 aliphatic rings. The average molecular weight is 640 g/mol. The molecule has 47 heavy (non-hydrogen) atoms. The van der Waals surface area contributed by atoms with Crippen LogP contribution in [0.15, 0.2) is 82.8 Å². The molecule has 1 aliphatic heterocycles. The molecular formula is C36H38FN5O5. The van der Waals surface area contributed by atoms with Crippen molar-refractivity contribution in [2.24, 2.45) is 7.05 Å². The molecule has 0 saturated carbocycles. The molecule has 2 aromatic carbocycles. The van der Waals surface area contributed by atoms with Crippen LogP contribution in [0.4, 0.5) is 21.6 Å². The Kier molecular flexibility index (Phi) is 8.71. The quantitative estimate of drug-likeness (QED) is 0.194. The van der Waals surface area contributed by atoms with Gasteiger partial charge in [0.15, 0.2) is 0 Å². The first kappa shape index (κ1) is 32.1. The van der Waals surface area contributed by atoms with Crippen LogP contribution in [0.5, 0.6) is 0 Å². The van der Waals surface area contributed by atoms with Crippen LogP contribution in [-0.4, -0.2) is 54.7 Å². The SMILES string of the molecule is CC(CO)c1cc(F)c2c(=O)n(-c3cccc(-c4cc(Nc5ccc(N6CCC(C)(O)CC6)cn5)c(=O)n(C)c4)c3CO)ccc2c1. The fraction of sp³-hybridized carbons (Fsp3) is 0.306. The highest BCUT2D eigenvalue weighted by Crippen LogP contribution is 2.31. The number of nitrogens with zero attached hydrogens (tertiary/aromatic N) is 4. The summed E-state index contributed by atoms with van der Waals surface area (Å²) in [6, 6.07) is 15.2. The number of hydrogen-bond acceptors (Lipinski definition) is 8. The Hall–Kier alpha value is -4.84. The predicted molar refractivity (Wildman–Crippen MR) is 181 cm³/mol. The Balaban J connectivity index is 1.34. The van der Waals surface area contributed by atoms with E-state index in [1.165, 1.54) is 15.2 Å². The van der Waals surface area contributed by atoms with Crippen LogP contribution < -0.4 is 21.3 Å². The van der Waals surface area contributed by atoms with E-state index in [0.717, 1.165) is 18.8 Å². The van der Waals surface area contributed by atoms with Crippen molar-refractivity contribution in [2.45, 2.75) is 44.8 Å². The van der Waals surface area contributed by atoms with Crippen molar-refractivity contribution in [2.75, 3.05) is 29.9 Å². The van der Waals surface area contributed by atoms with Crippen LogP contribution in [0.3, 0.4) is 0 Å². The smallest absolute Gasteiger partial charge is 0.274 e. The monoisotopic (exact) mass is 639 g/mol. The minimum Gasteiger partial charge on any atom is -0.396 e. The molecule has 1 unspecified atom stereocenters. The summed E-state index contributed by atoms with van der Waals surface area (Å²) in [6.07, 6.45) is 6.28. The van der Waals surface area contributed by atoms with Crippen LogP contribution in [0, 0.1) is 5.82 Å². The number of piperidine rings is 1. The topological polar surface area (TPSA) is 133 Å². The zero-order valence-corrected chi connectivity index (χ0v) is 26.6. The molecule has 10 nitrogen and oxygen atoms in total. The van der Waals surface area contributed by atoms with E-state index in [4.69, 9.17) is 0 Å². The zero-order valence-electron chi connectivity index (χ0n) is 26.6. The molecule has 0 aliphatic carbocycles. The van der Waals surface area contributed by atoms with Gasteiger partial charge in [-0.15, -0.1) is 0 Å². The van der Waals surface area contributed by atoms with Crippen LogP contribution in [-0.2, 0) is 13.7 Å². The number of halogens is 1. The molecule has 0 amide bonds. The maximum absolute atomic E-state index is 15.3. The van der Waals surface area contributed by atoms with Gasteiger partial charge in [0.05, 0.1) is 35.2 Å². The summed E-state index contributed by atoms with van der Waals surface area (Å²) in [5.74, 6) is -0.493. The number of benzene rings is 2. The summed E-state index contributed by atoms with van der Waals surface area (Å²) >= 11 is 0. The maximum Gasteiger partial charge on any atom is 0.274 e. The van der Waals surface area contributed by atoms with Gasteiger partial charge in [-0.1, -0.05) is 25.1 Å². The summed E-state index contributed by atoms with van der Waals surface area (Å²) in [5, 5.41) is 33.8. The van der Waals surface area contributed by atoms with Crippen LogP contribution in [0.2, 0.25) is 0 Å². The van der Waals surface area contributed by atoms with Crippen LogP contribution >= 0.6 is 0 Å². The highest BCUT2D eigenvalue weighted by atomic mass is 19.1. The Morgan fingerprint density at radius 2 is 1.81 bits per heavy atom. The fourth-order valence-corrected chi connectivity index (χ4v) is 6.15. The number of aliphatic hydroxyl groups excluding tert-OH is 2. The van der Waals surface area contributed by atoms with E-state index < -0.39 is 23.6 Å². The molecule has 1 saturated heterocycles. The van der Waals surface area contributed by atoms with Gasteiger partial charge in [-0.25, -0.2) is 9.37 Å². The number of pyridine rings is 3. The van der Waals surface area contributed by atoms with E-state index >= 15 is 4.39 Å². The summed E-state index contributed by atoms with van der Waals surface area (Å²) in [4.78, 5) is 33.5. The molecule has 3 aromatic heterocycles. The number of aryl methyl sites for hydroxylation is 1. The molecule has 11 heteroatoms. The zero-order chi connectivity index (χ0) is 33.5. The van der Waals surface area contributed by atoms with E-state index in [1.54, 1.807) is 75.0 Å². The molecule has 1 atom stereocenters. The Bertz CT molecular complexity index is 2060. The highest BCUT2D eigenvalue weighted by molar-refractivity contribution is 5.84. The van der Waals surface area contributed by atoms with Crippen molar-refractivity contribution in [3.63, 3.8) is 0 Å². The van der Waals surface area contributed by atoms with Crippen LogP contribution in [0.1, 0.15) is 43.7 Å². The van der Waals surface area contributed by atoms with Gasteiger partial charge in [0, 0.05) is 56.2 Å². The second-order valence-electron chi connectivity index (χ2n) is 12.6. The van der Waals surface area contributed by atoms with E-state index in [-0.39, 0.29) is 29.2 Å². The lowest BCUT2D eigenvalue weighted by Gasteiger charge is -2.37. The van der Waals surface area contributed by atoms with Gasteiger partial charge < -0.3 is 30.1 Å². The first-order chi connectivity index (χ1) is 22.5. The second-order valence-corrected chi connectivity index (χ2v) is 12.6.